The number of hydrogen-bond donors (Lipinski definition) is 1. The van der Waals surface area contributed by atoms with E-state index in [9.17, 15) is 28.1 Å². The monoisotopic (exact) mass is 446 g/mol. The zero-order chi connectivity index (χ0) is 22.5. The standard InChI is InChI=1S/C18H18ClF3N4O4/c1-25(2)15-8-11(18(20,21)22)10-24-17(15)30-7-3-6-23-16(27)13-9-12(26(28)29)4-5-14(13)19/h4-5,8-10H,3,6-7H2,1-2H3,(H,23,27). The Morgan fingerprint density at radius 2 is 2.03 bits per heavy atom. The van der Waals surface area contributed by atoms with Crippen molar-refractivity contribution in [2.75, 3.05) is 32.1 Å². The first-order valence-corrected chi connectivity index (χ1v) is 8.98. The van der Waals surface area contributed by atoms with Crippen LogP contribution in [0.3, 0.4) is 0 Å². The Kier molecular flexibility index (Phi) is 7.43. The molecule has 1 aromatic carbocycles. The van der Waals surface area contributed by atoms with Crippen molar-refractivity contribution < 1.29 is 27.6 Å². The van der Waals surface area contributed by atoms with E-state index in [2.05, 4.69) is 10.3 Å². The third-order valence-electron chi connectivity index (χ3n) is 3.89. The molecule has 8 nitrogen and oxygen atoms in total. The molecule has 2 rings (SSSR count). The molecule has 0 atom stereocenters. The number of hydrogen-bond acceptors (Lipinski definition) is 6. The van der Waals surface area contributed by atoms with Crippen molar-refractivity contribution in [1.82, 2.24) is 10.3 Å². The molecular formula is C18H18ClF3N4O4. The first-order chi connectivity index (χ1) is 14.0. The Morgan fingerprint density at radius 1 is 1.33 bits per heavy atom. The summed E-state index contributed by atoms with van der Waals surface area (Å²) >= 11 is 5.91. The van der Waals surface area contributed by atoms with Gasteiger partial charge >= 0.3 is 6.18 Å². The molecular weight excluding hydrogens is 429 g/mol. The van der Waals surface area contributed by atoms with Crippen LogP contribution in [0.1, 0.15) is 22.3 Å². The van der Waals surface area contributed by atoms with Gasteiger partial charge in [0.2, 0.25) is 5.88 Å². The maximum Gasteiger partial charge on any atom is 0.417 e. The lowest BCUT2D eigenvalue weighted by atomic mass is 10.2. The van der Waals surface area contributed by atoms with Crippen LogP contribution in [0.5, 0.6) is 5.88 Å². The molecule has 0 aliphatic heterocycles. The van der Waals surface area contributed by atoms with E-state index < -0.39 is 22.6 Å². The number of benzene rings is 1. The number of amides is 1. The molecule has 2 aromatic rings. The SMILES string of the molecule is CN(C)c1cc(C(F)(F)F)cnc1OCCCNC(=O)c1cc([N+](=O)[O-])ccc1Cl. The number of alkyl halides is 3. The van der Waals surface area contributed by atoms with Crippen LogP contribution in [-0.4, -0.2) is 43.1 Å². The maximum absolute atomic E-state index is 12.8. The minimum atomic E-state index is -4.52. The van der Waals surface area contributed by atoms with Crippen LogP contribution >= 0.6 is 11.6 Å². The van der Waals surface area contributed by atoms with Crippen molar-refractivity contribution in [1.29, 1.82) is 0 Å². The normalized spacial score (nSPS) is 11.1. The van der Waals surface area contributed by atoms with Crippen molar-refractivity contribution in [3.8, 4) is 5.88 Å². The van der Waals surface area contributed by atoms with Gasteiger partial charge in [-0.2, -0.15) is 13.2 Å². The zero-order valence-electron chi connectivity index (χ0n) is 16.0. The van der Waals surface area contributed by atoms with E-state index in [-0.39, 0.29) is 41.0 Å². The number of ether oxygens (including phenoxy) is 1. The van der Waals surface area contributed by atoms with Crippen molar-refractivity contribution in [3.63, 3.8) is 0 Å². The average molecular weight is 447 g/mol. The van der Waals surface area contributed by atoms with Crippen LogP contribution in [0.15, 0.2) is 30.5 Å². The molecule has 162 valence electrons. The Balaban J connectivity index is 1.92. The highest BCUT2D eigenvalue weighted by atomic mass is 35.5. The van der Waals surface area contributed by atoms with Gasteiger partial charge in [0.25, 0.3) is 11.6 Å². The van der Waals surface area contributed by atoms with Crippen molar-refractivity contribution in [2.24, 2.45) is 0 Å². The number of non-ortho nitro benzene ring substituents is 1. The number of halogens is 4. The number of carbonyl (C=O) groups is 1. The van der Waals surface area contributed by atoms with Gasteiger partial charge in [-0.25, -0.2) is 4.98 Å². The molecule has 0 aliphatic rings. The summed E-state index contributed by atoms with van der Waals surface area (Å²) in [5.41, 5.74) is -1.03. The quantitative estimate of drug-likeness (QED) is 0.375. The Morgan fingerprint density at radius 3 is 2.63 bits per heavy atom. The summed E-state index contributed by atoms with van der Waals surface area (Å²) < 4.78 is 44.0. The van der Waals surface area contributed by atoms with Gasteiger partial charge in [0.15, 0.2) is 0 Å². The lowest BCUT2D eigenvalue weighted by molar-refractivity contribution is -0.384. The molecule has 12 heteroatoms. The van der Waals surface area contributed by atoms with Crippen LogP contribution in [0.2, 0.25) is 5.02 Å². The van der Waals surface area contributed by atoms with Crippen LogP contribution in [0.25, 0.3) is 0 Å². The fraction of sp³-hybridized carbons (Fsp3) is 0.333. The van der Waals surface area contributed by atoms with Gasteiger partial charge in [0, 0.05) is 39.0 Å². The van der Waals surface area contributed by atoms with Gasteiger partial charge in [-0.15, -0.1) is 0 Å². The van der Waals surface area contributed by atoms with Crippen LogP contribution in [0, 0.1) is 10.1 Å². The number of nitro benzene ring substituents is 1. The first-order valence-electron chi connectivity index (χ1n) is 8.60. The van der Waals surface area contributed by atoms with Gasteiger partial charge in [-0.3, -0.25) is 14.9 Å². The van der Waals surface area contributed by atoms with E-state index in [1.54, 1.807) is 14.1 Å². The Labute approximate surface area is 174 Å². The molecule has 1 heterocycles. The predicted molar refractivity (Wildman–Crippen MR) is 104 cm³/mol. The van der Waals surface area contributed by atoms with Crippen molar-refractivity contribution in [3.05, 3.63) is 56.7 Å². The average Bonchev–Trinajstić information content (AvgIpc) is 2.66. The lowest BCUT2D eigenvalue weighted by Crippen LogP contribution is -2.26. The zero-order valence-corrected chi connectivity index (χ0v) is 16.8. The fourth-order valence-electron chi connectivity index (χ4n) is 2.37. The molecule has 0 fully saturated rings. The second-order valence-corrected chi connectivity index (χ2v) is 6.73. The molecule has 0 saturated heterocycles. The molecule has 0 aliphatic carbocycles. The molecule has 0 bridgehead atoms. The van der Waals surface area contributed by atoms with E-state index in [1.807, 2.05) is 0 Å². The Hall–Kier alpha value is -3.08. The van der Waals surface area contributed by atoms with Crippen LogP contribution < -0.4 is 15.0 Å². The number of anilines is 1. The molecule has 30 heavy (non-hydrogen) atoms. The number of nitro groups is 1. The molecule has 0 radical (unpaired) electrons. The lowest BCUT2D eigenvalue weighted by Gasteiger charge is -2.18. The number of carbonyl (C=O) groups excluding carboxylic acids is 1. The number of nitrogens with zero attached hydrogens (tertiary/aromatic N) is 3. The summed E-state index contributed by atoms with van der Waals surface area (Å²) in [5, 5.41) is 13.4. The Bertz CT molecular complexity index is 938. The number of aromatic nitrogens is 1. The summed E-state index contributed by atoms with van der Waals surface area (Å²) in [4.78, 5) is 27.5. The van der Waals surface area contributed by atoms with Crippen LogP contribution in [0.4, 0.5) is 24.5 Å². The smallest absolute Gasteiger partial charge is 0.417 e. The van der Waals surface area contributed by atoms with Crippen LogP contribution in [-0.2, 0) is 6.18 Å². The minimum Gasteiger partial charge on any atom is -0.476 e. The molecule has 0 spiro atoms. The summed E-state index contributed by atoms with van der Waals surface area (Å²) in [6.45, 7) is 0.220. The molecule has 1 N–H and O–H groups in total. The summed E-state index contributed by atoms with van der Waals surface area (Å²) in [6, 6.07) is 4.46. The van der Waals surface area contributed by atoms with Crippen molar-refractivity contribution in [2.45, 2.75) is 12.6 Å². The van der Waals surface area contributed by atoms with Gasteiger partial charge in [-0.1, -0.05) is 11.6 Å². The highest BCUT2D eigenvalue weighted by Crippen LogP contribution is 2.34. The minimum absolute atomic E-state index is 0.0288. The topological polar surface area (TPSA) is 97.6 Å². The number of nitrogens with one attached hydrogen (secondary N) is 1. The summed E-state index contributed by atoms with van der Waals surface area (Å²) in [5.74, 6) is -0.564. The van der Waals surface area contributed by atoms with Gasteiger partial charge < -0.3 is 15.0 Å². The van der Waals surface area contributed by atoms with Gasteiger partial charge in [-0.05, 0) is 18.6 Å². The molecule has 1 amide bonds. The maximum atomic E-state index is 12.8. The van der Waals surface area contributed by atoms with E-state index in [0.717, 1.165) is 12.1 Å². The predicted octanol–water partition coefficient (Wildman–Crippen LogP) is 3.93. The molecule has 1 aromatic heterocycles. The van der Waals surface area contributed by atoms with Gasteiger partial charge in [0.05, 0.1) is 33.4 Å². The summed E-state index contributed by atoms with van der Waals surface area (Å²) in [6.07, 6.45) is -3.52. The second kappa shape index (κ2) is 9.61. The third-order valence-corrected chi connectivity index (χ3v) is 4.22. The molecule has 0 saturated carbocycles. The summed E-state index contributed by atoms with van der Waals surface area (Å²) in [7, 11) is 3.13. The first kappa shape index (κ1) is 23.2. The second-order valence-electron chi connectivity index (χ2n) is 6.32. The largest absolute Gasteiger partial charge is 0.476 e. The fourth-order valence-corrected chi connectivity index (χ4v) is 2.57. The molecule has 0 unspecified atom stereocenters. The van der Waals surface area contributed by atoms with E-state index >= 15 is 0 Å². The third kappa shape index (κ3) is 5.96. The van der Waals surface area contributed by atoms with E-state index in [0.29, 0.717) is 12.6 Å². The highest BCUT2D eigenvalue weighted by Gasteiger charge is 2.32. The van der Waals surface area contributed by atoms with Gasteiger partial charge in [0.1, 0.15) is 0 Å². The van der Waals surface area contributed by atoms with Crippen molar-refractivity contribution >= 4 is 28.9 Å². The number of rotatable bonds is 8. The number of pyridine rings is 1. The van der Waals surface area contributed by atoms with E-state index in [4.69, 9.17) is 16.3 Å². The highest BCUT2D eigenvalue weighted by molar-refractivity contribution is 6.33. The van der Waals surface area contributed by atoms with E-state index in [1.165, 1.54) is 17.0 Å².